The maximum Gasteiger partial charge on any atom is 0.123 e. The number of rotatable bonds is 6. The summed E-state index contributed by atoms with van der Waals surface area (Å²) in [5, 5.41) is 13.0. The molecule has 0 radical (unpaired) electrons. The minimum absolute atomic E-state index is 0.0601. The Kier molecular flexibility index (Phi) is 5.09. The average Bonchev–Trinajstić information content (AvgIpc) is 2.53. The molecule has 1 aliphatic carbocycles. The Hall–Kier alpha value is -1.71. The molecular formula is C20H24FNO. The van der Waals surface area contributed by atoms with Gasteiger partial charge in [0.25, 0.3) is 0 Å². The van der Waals surface area contributed by atoms with Crippen molar-refractivity contribution in [3.05, 3.63) is 71.0 Å². The minimum atomic E-state index is -0.190. The first-order valence-electron chi connectivity index (χ1n) is 8.38. The lowest BCUT2D eigenvalue weighted by atomic mass is 9.77. The van der Waals surface area contributed by atoms with Crippen molar-refractivity contribution in [3.63, 3.8) is 0 Å². The van der Waals surface area contributed by atoms with Gasteiger partial charge in [0.15, 0.2) is 0 Å². The molecule has 1 fully saturated rings. The predicted molar refractivity (Wildman–Crippen MR) is 90.4 cm³/mol. The van der Waals surface area contributed by atoms with E-state index in [4.69, 9.17) is 0 Å². The van der Waals surface area contributed by atoms with Crippen LogP contribution in [0.2, 0.25) is 0 Å². The largest absolute Gasteiger partial charge is 0.392 e. The third-order valence-electron chi connectivity index (χ3n) is 4.91. The molecule has 0 aromatic heterocycles. The molecule has 1 saturated carbocycles. The van der Waals surface area contributed by atoms with Gasteiger partial charge >= 0.3 is 0 Å². The molecule has 2 atom stereocenters. The van der Waals surface area contributed by atoms with Crippen LogP contribution in [0.1, 0.15) is 55.0 Å². The molecule has 0 bridgehead atoms. The van der Waals surface area contributed by atoms with Gasteiger partial charge in [-0.1, -0.05) is 42.8 Å². The Balaban J connectivity index is 1.78. The summed E-state index contributed by atoms with van der Waals surface area (Å²) in [6.07, 6.45) is 3.72. The SMILES string of the molecule is CC(NC(c1ccc(F)cc1)C1CCC1)c1cccc(CO)c1. The van der Waals surface area contributed by atoms with Crippen LogP contribution in [0.5, 0.6) is 0 Å². The Bertz CT molecular complexity index is 636. The van der Waals surface area contributed by atoms with Gasteiger partial charge in [-0.05, 0) is 54.5 Å². The van der Waals surface area contributed by atoms with Gasteiger partial charge in [-0.2, -0.15) is 0 Å². The Morgan fingerprint density at radius 3 is 2.48 bits per heavy atom. The monoisotopic (exact) mass is 313 g/mol. The van der Waals surface area contributed by atoms with Crippen molar-refractivity contribution in [2.24, 2.45) is 5.92 Å². The van der Waals surface area contributed by atoms with Gasteiger partial charge in [-0.3, -0.25) is 0 Å². The lowest BCUT2D eigenvalue weighted by Crippen LogP contribution is -2.34. The molecule has 0 amide bonds. The third kappa shape index (κ3) is 3.80. The third-order valence-corrected chi connectivity index (χ3v) is 4.91. The van der Waals surface area contributed by atoms with Gasteiger partial charge in [0, 0.05) is 12.1 Å². The molecule has 2 N–H and O–H groups in total. The van der Waals surface area contributed by atoms with Gasteiger partial charge < -0.3 is 10.4 Å². The average molecular weight is 313 g/mol. The lowest BCUT2D eigenvalue weighted by Gasteiger charge is -2.36. The van der Waals surface area contributed by atoms with E-state index in [-0.39, 0.29) is 24.5 Å². The first-order valence-corrected chi connectivity index (χ1v) is 8.38. The van der Waals surface area contributed by atoms with Crippen molar-refractivity contribution >= 4 is 0 Å². The standard InChI is InChI=1S/C20H24FNO/c1-14(18-7-2-4-15(12-18)13-23)22-20(16-5-3-6-16)17-8-10-19(21)11-9-17/h2,4,7-12,14,16,20,22-23H,3,5-6,13H2,1H3. The Labute approximate surface area is 137 Å². The summed E-state index contributed by atoms with van der Waals surface area (Å²) >= 11 is 0. The van der Waals surface area contributed by atoms with Crippen molar-refractivity contribution in [1.29, 1.82) is 0 Å². The number of aliphatic hydroxyl groups excluding tert-OH is 1. The van der Waals surface area contributed by atoms with Gasteiger partial charge in [-0.15, -0.1) is 0 Å². The first kappa shape index (κ1) is 16.2. The van der Waals surface area contributed by atoms with E-state index < -0.39 is 0 Å². The molecular weight excluding hydrogens is 289 g/mol. The van der Waals surface area contributed by atoms with Crippen LogP contribution in [0.15, 0.2) is 48.5 Å². The van der Waals surface area contributed by atoms with Crippen molar-refractivity contribution in [3.8, 4) is 0 Å². The highest BCUT2D eigenvalue weighted by molar-refractivity contribution is 5.27. The van der Waals surface area contributed by atoms with E-state index in [0.717, 1.165) is 11.1 Å². The van der Waals surface area contributed by atoms with Gasteiger partial charge in [0.05, 0.1) is 6.61 Å². The van der Waals surface area contributed by atoms with Crippen molar-refractivity contribution in [2.45, 2.75) is 44.9 Å². The van der Waals surface area contributed by atoms with Crippen LogP contribution in [0.25, 0.3) is 0 Å². The Morgan fingerprint density at radius 2 is 1.87 bits per heavy atom. The number of aliphatic hydroxyl groups is 1. The van der Waals surface area contributed by atoms with Gasteiger partial charge in [0.1, 0.15) is 5.82 Å². The van der Waals surface area contributed by atoms with Crippen LogP contribution in [-0.4, -0.2) is 5.11 Å². The molecule has 2 unspecified atom stereocenters. The van der Waals surface area contributed by atoms with Gasteiger partial charge in [0.2, 0.25) is 0 Å². The minimum Gasteiger partial charge on any atom is -0.392 e. The van der Waals surface area contributed by atoms with E-state index in [1.165, 1.54) is 24.8 Å². The molecule has 0 heterocycles. The Morgan fingerprint density at radius 1 is 1.13 bits per heavy atom. The summed E-state index contributed by atoms with van der Waals surface area (Å²) in [5.41, 5.74) is 3.25. The van der Waals surface area contributed by atoms with E-state index >= 15 is 0 Å². The summed E-state index contributed by atoms with van der Waals surface area (Å²) in [4.78, 5) is 0. The van der Waals surface area contributed by atoms with E-state index in [9.17, 15) is 9.50 Å². The van der Waals surface area contributed by atoms with Crippen LogP contribution >= 0.6 is 0 Å². The van der Waals surface area contributed by atoms with E-state index in [0.29, 0.717) is 5.92 Å². The van der Waals surface area contributed by atoms with Crippen molar-refractivity contribution in [1.82, 2.24) is 5.32 Å². The summed E-state index contributed by atoms with van der Waals surface area (Å²) in [5.74, 6) is 0.425. The van der Waals surface area contributed by atoms with Crippen LogP contribution < -0.4 is 5.32 Å². The fourth-order valence-electron chi connectivity index (χ4n) is 3.27. The molecule has 122 valence electrons. The quantitative estimate of drug-likeness (QED) is 0.822. The molecule has 0 saturated heterocycles. The number of benzene rings is 2. The van der Waals surface area contributed by atoms with Crippen molar-refractivity contribution in [2.75, 3.05) is 0 Å². The number of halogens is 1. The number of hydrogen-bond acceptors (Lipinski definition) is 2. The summed E-state index contributed by atoms with van der Waals surface area (Å²) in [7, 11) is 0. The van der Waals surface area contributed by atoms with Crippen LogP contribution in [0, 0.1) is 11.7 Å². The molecule has 23 heavy (non-hydrogen) atoms. The topological polar surface area (TPSA) is 32.3 Å². The first-order chi connectivity index (χ1) is 11.2. The predicted octanol–water partition coefficient (Wildman–Crippen LogP) is 4.51. The second-order valence-corrected chi connectivity index (χ2v) is 6.51. The fourth-order valence-corrected chi connectivity index (χ4v) is 3.27. The molecule has 0 aliphatic heterocycles. The fraction of sp³-hybridized carbons (Fsp3) is 0.400. The number of hydrogen-bond donors (Lipinski definition) is 2. The maximum absolute atomic E-state index is 13.2. The molecule has 1 aliphatic rings. The van der Waals surface area contributed by atoms with Gasteiger partial charge in [-0.25, -0.2) is 4.39 Å². The highest BCUT2D eigenvalue weighted by atomic mass is 19.1. The second kappa shape index (κ2) is 7.24. The zero-order valence-electron chi connectivity index (χ0n) is 13.5. The molecule has 0 spiro atoms. The summed E-state index contributed by atoms with van der Waals surface area (Å²) in [6, 6.07) is 15.3. The van der Waals surface area contributed by atoms with E-state index in [1.807, 2.05) is 30.3 Å². The maximum atomic E-state index is 13.2. The molecule has 2 aromatic carbocycles. The highest BCUT2D eigenvalue weighted by Crippen LogP contribution is 2.39. The van der Waals surface area contributed by atoms with E-state index in [2.05, 4.69) is 18.3 Å². The van der Waals surface area contributed by atoms with E-state index in [1.54, 1.807) is 12.1 Å². The highest BCUT2D eigenvalue weighted by Gasteiger charge is 2.29. The summed E-state index contributed by atoms with van der Waals surface area (Å²) in [6.45, 7) is 2.20. The molecule has 2 aromatic rings. The van der Waals surface area contributed by atoms with Crippen molar-refractivity contribution < 1.29 is 9.50 Å². The molecule has 3 heteroatoms. The molecule has 3 rings (SSSR count). The normalized spacial score (nSPS) is 17.5. The summed E-state index contributed by atoms with van der Waals surface area (Å²) < 4.78 is 13.2. The number of nitrogens with one attached hydrogen (secondary N) is 1. The van der Waals surface area contributed by atoms with Crippen LogP contribution in [0.3, 0.4) is 0 Å². The zero-order valence-corrected chi connectivity index (χ0v) is 13.5. The smallest absolute Gasteiger partial charge is 0.123 e. The zero-order chi connectivity index (χ0) is 16.2. The molecule has 2 nitrogen and oxygen atoms in total. The van der Waals surface area contributed by atoms with Crippen LogP contribution in [0.4, 0.5) is 4.39 Å². The second-order valence-electron chi connectivity index (χ2n) is 6.51. The lowest BCUT2D eigenvalue weighted by molar-refractivity contribution is 0.219. The van der Waals surface area contributed by atoms with Crippen LogP contribution in [-0.2, 0) is 6.61 Å².